The number of rotatable bonds is 4. The van der Waals surface area contributed by atoms with Crippen molar-refractivity contribution in [3.05, 3.63) is 39.9 Å². The van der Waals surface area contributed by atoms with Gasteiger partial charge >= 0.3 is 0 Å². The Labute approximate surface area is 82.9 Å². The maximum Gasteiger partial charge on any atom is 0.269 e. The highest BCUT2D eigenvalue weighted by Gasteiger charge is 2.05. The molecule has 0 aliphatic carbocycles. The van der Waals surface area contributed by atoms with E-state index in [1.54, 1.807) is 12.1 Å². The zero-order chi connectivity index (χ0) is 10.6. The van der Waals surface area contributed by atoms with E-state index in [0.717, 1.165) is 18.4 Å². The maximum absolute atomic E-state index is 10.5. The predicted molar refractivity (Wildman–Crippen MR) is 55.1 cm³/mol. The minimum Gasteiger partial charge on any atom is -0.328 e. The molecule has 0 saturated heterocycles. The van der Waals surface area contributed by atoms with E-state index in [0.29, 0.717) is 0 Å². The van der Waals surface area contributed by atoms with Gasteiger partial charge in [0, 0.05) is 18.2 Å². The average molecular weight is 194 g/mol. The molecule has 0 bridgehead atoms. The minimum atomic E-state index is -0.380. The summed E-state index contributed by atoms with van der Waals surface area (Å²) < 4.78 is 0. The molecule has 2 N–H and O–H groups in total. The molecule has 1 aromatic rings. The van der Waals surface area contributed by atoms with Gasteiger partial charge in [0.2, 0.25) is 0 Å². The van der Waals surface area contributed by atoms with E-state index in [1.165, 1.54) is 6.07 Å². The van der Waals surface area contributed by atoms with Crippen LogP contribution in [-0.4, -0.2) is 11.0 Å². The predicted octanol–water partition coefficient (Wildman–Crippen LogP) is 1.87. The molecule has 0 spiro atoms. The lowest BCUT2D eigenvalue weighted by molar-refractivity contribution is -0.384. The van der Waals surface area contributed by atoms with Gasteiger partial charge in [0.25, 0.3) is 5.69 Å². The summed E-state index contributed by atoms with van der Waals surface area (Å²) in [4.78, 5) is 10.1. The standard InChI is InChI=1S/C10H14N2O2/c1-8(11)5-6-9-3-2-4-10(7-9)12(13)14/h2-4,7-8H,5-6,11H2,1H3. The molecule has 0 saturated carbocycles. The summed E-state index contributed by atoms with van der Waals surface area (Å²) in [7, 11) is 0. The monoisotopic (exact) mass is 194 g/mol. The topological polar surface area (TPSA) is 69.2 Å². The highest BCUT2D eigenvalue weighted by Crippen LogP contribution is 2.14. The number of nitrogens with zero attached hydrogens (tertiary/aromatic N) is 1. The van der Waals surface area contributed by atoms with Crippen LogP contribution in [0, 0.1) is 10.1 Å². The number of aryl methyl sites for hydroxylation is 1. The molecule has 0 aromatic heterocycles. The fraction of sp³-hybridized carbons (Fsp3) is 0.400. The summed E-state index contributed by atoms with van der Waals surface area (Å²) in [6.45, 7) is 1.93. The first kappa shape index (κ1) is 10.7. The van der Waals surface area contributed by atoms with E-state index in [2.05, 4.69) is 0 Å². The molecular formula is C10H14N2O2. The Morgan fingerprint density at radius 2 is 2.29 bits per heavy atom. The molecule has 1 unspecified atom stereocenters. The number of nitro groups is 1. The first-order valence-corrected chi connectivity index (χ1v) is 4.58. The fourth-order valence-electron chi connectivity index (χ4n) is 1.22. The second-order valence-corrected chi connectivity index (χ2v) is 3.44. The van der Waals surface area contributed by atoms with Crippen molar-refractivity contribution in [3.63, 3.8) is 0 Å². The van der Waals surface area contributed by atoms with Gasteiger partial charge in [0.05, 0.1) is 4.92 Å². The minimum absolute atomic E-state index is 0.134. The van der Waals surface area contributed by atoms with Gasteiger partial charge in [-0.05, 0) is 25.3 Å². The molecule has 0 fully saturated rings. The van der Waals surface area contributed by atoms with Crippen molar-refractivity contribution < 1.29 is 4.92 Å². The Bertz CT molecular complexity index is 324. The van der Waals surface area contributed by atoms with Gasteiger partial charge in [0.1, 0.15) is 0 Å². The van der Waals surface area contributed by atoms with Crippen LogP contribution in [0.1, 0.15) is 18.9 Å². The molecule has 0 heterocycles. The number of nitrogens with two attached hydrogens (primary N) is 1. The van der Waals surface area contributed by atoms with Crippen molar-refractivity contribution in [1.82, 2.24) is 0 Å². The van der Waals surface area contributed by atoms with Gasteiger partial charge in [-0.1, -0.05) is 12.1 Å². The van der Waals surface area contributed by atoms with Gasteiger partial charge in [-0.2, -0.15) is 0 Å². The van der Waals surface area contributed by atoms with E-state index in [1.807, 2.05) is 13.0 Å². The lowest BCUT2D eigenvalue weighted by atomic mass is 10.1. The lowest BCUT2D eigenvalue weighted by Crippen LogP contribution is -2.15. The highest BCUT2D eigenvalue weighted by atomic mass is 16.6. The number of non-ortho nitro benzene ring substituents is 1. The molecule has 0 radical (unpaired) electrons. The van der Waals surface area contributed by atoms with Crippen LogP contribution >= 0.6 is 0 Å². The van der Waals surface area contributed by atoms with Crippen LogP contribution < -0.4 is 5.73 Å². The molecule has 1 rings (SSSR count). The molecule has 0 aliphatic heterocycles. The Kier molecular flexibility index (Phi) is 3.59. The van der Waals surface area contributed by atoms with Crippen molar-refractivity contribution in [2.75, 3.05) is 0 Å². The third kappa shape index (κ3) is 3.14. The Morgan fingerprint density at radius 3 is 2.86 bits per heavy atom. The summed E-state index contributed by atoms with van der Waals surface area (Å²) >= 11 is 0. The second-order valence-electron chi connectivity index (χ2n) is 3.44. The number of nitro benzene ring substituents is 1. The van der Waals surface area contributed by atoms with Crippen LogP contribution in [0.2, 0.25) is 0 Å². The fourth-order valence-corrected chi connectivity index (χ4v) is 1.22. The van der Waals surface area contributed by atoms with Gasteiger partial charge in [-0.25, -0.2) is 0 Å². The molecule has 0 aliphatic rings. The largest absolute Gasteiger partial charge is 0.328 e. The van der Waals surface area contributed by atoms with Gasteiger partial charge in [-0.3, -0.25) is 10.1 Å². The first-order valence-electron chi connectivity index (χ1n) is 4.58. The Balaban J connectivity index is 2.69. The van der Waals surface area contributed by atoms with Crippen molar-refractivity contribution >= 4 is 5.69 Å². The Morgan fingerprint density at radius 1 is 1.57 bits per heavy atom. The third-order valence-electron chi connectivity index (χ3n) is 2.01. The summed E-state index contributed by atoms with van der Waals surface area (Å²) in [6, 6.07) is 6.82. The highest BCUT2D eigenvalue weighted by molar-refractivity contribution is 5.34. The summed E-state index contributed by atoms with van der Waals surface area (Å²) in [5.74, 6) is 0. The third-order valence-corrected chi connectivity index (χ3v) is 2.01. The first-order chi connectivity index (χ1) is 6.59. The van der Waals surface area contributed by atoms with Gasteiger partial charge in [-0.15, -0.1) is 0 Å². The molecule has 1 atom stereocenters. The number of benzene rings is 1. The smallest absolute Gasteiger partial charge is 0.269 e. The van der Waals surface area contributed by atoms with Crippen molar-refractivity contribution in [1.29, 1.82) is 0 Å². The number of hydrogen-bond acceptors (Lipinski definition) is 3. The molecule has 14 heavy (non-hydrogen) atoms. The van der Waals surface area contributed by atoms with Crippen LogP contribution in [-0.2, 0) is 6.42 Å². The van der Waals surface area contributed by atoms with E-state index in [9.17, 15) is 10.1 Å². The normalized spacial score (nSPS) is 12.4. The van der Waals surface area contributed by atoms with Crippen molar-refractivity contribution in [3.8, 4) is 0 Å². The Hall–Kier alpha value is -1.42. The summed E-state index contributed by atoms with van der Waals surface area (Å²) in [6.07, 6.45) is 1.64. The molecule has 4 nitrogen and oxygen atoms in total. The van der Waals surface area contributed by atoms with Gasteiger partial charge in [0.15, 0.2) is 0 Å². The van der Waals surface area contributed by atoms with E-state index in [-0.39, 0.29) is 16.7 Å². The quantitative estimate of drug-likeness (QED) is 0.587. The van der Waals surface area contributed by atoms with Crippen molar-refractivity contribution in [2.45, 2.75) is 25.8 Å². The van der Waals surface area contributed by atoms with E-state index < -0.39 is 0 Å². The zero-order valence-corrected chi connectivity index (χ0v) is 8.14. The molecule has 76 valence electrons. The SMILES string of the molecule is CC(N)CCc1cccc([N+](=O)[O-])c1. The second kappa shape index (κ2) is 4.72. The lowest BCUT2D eigenvalue weighted by Gasteiger charge is -2.04. The van der Waals surface area contributed by atoms with Crippen LogP contribution in [0.25, 0.3) is 0 Å². The summed E-state index contributed by atoms with van der Waals surface area (Å²) in [5.41, 5.74) is 6.72. The summed E-state index contributed by atoms with van der Waals surface area (Å²) in [5, 5.41) is 10.5. The van der Waals surface area contributed by atoms with Crippen LogP contribution in [0.3, 0.4) is 0 Å². The van der Waals surface area contributed by atoms with Crippen LogP contribution in [0.4, 0.5) is 5.69 Å². The van der Waals surface area contributed by atoms with Crippen molar-refractivity contribution in [2.24, 2.45) is 5.73 Å². The maximum atomic E-state index is 10.5. The van der Waals surface area contributed by atoms with E-state index in [4.69, 9.17) is 5.73 Å². The molecule has 4 heteroatoms. The molecule has 0 amide bonds. The van der Waals surface area contributed by atoms with E-state index >= 15 is 0 Å². The molecule has 1 aromatic carbocycles. The number of hydrogen-bond donors (Lipinski definition) is 1. The zero-order valence-electron chi connectivity index (χ0n) is 8.14. The van der Waals surface area contributed by atoms with Crippen LogP contribution in [0.5, 0.6) is 0 Å². The molecular weight excluding hydrogens is 180 g/mol. The van der Waals surface area contributed by atoms with Crippen LogP contribution in [0.15, 0.2) is 24.3 Å². The average Bonchev–Trinajstić information content (AvgIpc) is 2.15. The van der Waals surface area contributed by atoms with Gasteiger partial charge < -0.3 is 5.73 Å².